The molecular formula is C15H18N6O3. The van der Waals surface area contributed by atoms with Gasteiger partial charge in [-0.3, -0.25) is 19.8 Å². The lowest BCUT2D eigenvalue weighted by Crippen LogP contribution is -2.37. The first kappa shape index (κ1) is 15.8. The van der Waals surface area contributed by atoms with Crippen molar-refractivity contribution in [2.75, 3.05) is 13.2 Å². The van der Waals surface area contributed by atoms with Gasteiger partial charge in [0.25, 0.3) is 0 Å². The molecule has 3 N–H and O–H groups in total. The highest BCUT2D eigenvalue weighted by Crippen LogP contribution is 2.31. The maximum Gasteiger partial charge on any atom is 0.306 e. The van der Waals surface area contributed by atoms with E-state index in [9.17, 15) is 10.1 Å². The molecule has 0 radical (unpaired) electrons. The maximum absolute atomic E-state index is 10.6. The van der Waals surface area contributed by atoms with Crippen LogP contribution < -0.4 is 15.8 Å². The number of nitro groups is 1. The monoisotopic (exact) mass is 330 g/mol. The molecule has 126 valence electrons. The van der Waals surface area contributed by atoms with Crippen molar-refractivity contribution in [1.29, 1.82) is 0 Å². The second kappa shape index (κ2) is 6.99. The first-order valence-electron chi connectivity index (χ1n) is 7.58. The van der Waals surface area contributed by atoms with Crippen molar-refractivity contribution in [3.8, 4) is 5.75 Å². The van der Waals surface area contributed by atoms with Crippen molar-refractivity contribution in [2.45, 2.75) is 19.0 Å². The highest BCUT2D eigenvalue weighted by atomic mass is 16.6. The minimum atomic E-state index is -0.481. The number of aromatic nitrogens is 2. The van der Waals surface area contributed by atoms with Gasteiger partial charge in [0.15, 0.2) is 5.96 Å². The number of nitrogens with one attached hydrogen (secondary N) is 1. The van der Waals surface area contributed by atoms with Crippen LogP contribution in [0.5, 0.6) is 5.75 Å². The summed E-state index contributed by atoms with van der Waals surface area (Å²) in [6, 6.07) is 7.88. The molecule has 1 aliphatic rings. The standard InChI is InChI=1S/C15H18N6O3/c16-15(17-6-7-20-10-11(9-18-20)21(22)23)19-13-5-8-24-14-4-2-1-3-12(13)14/h1-4,9-10,13H,5-8H2,(H3,16,17,19). The third-order valence-electron chi connectivity index (χ3n) is 3.72. The Morgan fingerprint density at radius 3 is 3.17 bits per heavy atom. The van der Waals surface area contributed by atoms with Crippen LogP contribution in [0.25, 0.3) is 0 Å². The van der Waals surface area contributed by atoms with E-state index in [-0.39, 0.29) is 11.7 Å². The topological polar surface area (TPSA) is 121 Å². The first-order valence-corrected chi connectivity index (χ1v) is 7.58. The van der Waals surface area contributed by atoms with E-state index in [0.29, 0.717) is 25.7 Å². The van der Waals surface area contributed by atoms with Crippen molar-refractivity contribution in [3.63, 3.8) is 0 Å². The van der Waals surface area contributed by atoms with E-state index in [2.05, 4.69) is 15.4 Å². The number of nitrogens with two attached hydrogens (primary N) is 1. The number of benzene rings is 1. The Morgan fingerprint density at radius 2 is 2.38 bits per heavy atom. The average molecular weight is 330 g/mol. The average Bonchev–Trinajstić information content (AvgIpc) is 3.04. The maximum atomic E-state index is 10.6. The lowest BCUT2D eigenvalue weighted by atomic mass is 10.0. The third kappa shape index (κ3) is 3.62. The minimum absolute atomic E-state index is 0.0381. The number of rotatable bonds is 5. The van der Waals surface area contributed by atoms with Crippen LogP contribution in [0.4, 0.5) is 5.69 Å². The van der Waals surface area contributed by atoms with Gasteiger partial charge in [0.05, 0.1) is 30.7 Å². The number of aliphatic imine (C=N–C) groups is 1. The van der Waals surface area contributed by atoms with Gasteiger partial charge >= 0.3 is 5.69 Å². The van der Waals surface area contributed by atoms with Gasteiger partial charge < -0.3 is 15.8 Å². The summed E-state index contributed by atoms with van der Waals surface area (Å²) in [7, 11) is 0. The molecule has 0 saturated heterocycles. The molecule has 0 amide bonds. The van der Waals surface area contributed by atoms with Crippen LogP contribution in [-0.2, 0) is 6.54 Å². The van der Waals surface area contributed by atoms with Crippen LogP contribution in [-0.4, -0.2) is 33.8 Å². The van der Waals surface area contributed by atoms with Crippen molar-refractivity contribution >= 4 is 11.6 Å². The van der Waals surface area contributed by atoms with E-state index in [4.69, 9.17) is 10.5 Å². The number of ether oxygens (including phenoxy) is 1. The third-order valence-corrected chi connectivity index (χ3v) is 3.72. The van der Waals surface area contributed by atoms with Gasteiger partial charge in [0, 0.05) is 12.0 Å². The highest BCUT2D eigenvalue weighted by Gasteiger charge is 2.21. The van der Waals surface area contributed by atoms with Crippen molar-refractivity contribution < 1.29 is 9.66 Å². The normalized spacial score (nSPS) is 17.0. The predicted octanol–water partition coefficient (Wildman–Crippen LogP) is 1.22. The molecule has 0 spiro atoms. The molecule has 1 aromatic heterocycles. The van der Waals surface area contributed by atoms with E-state index in [1.54, 1.807) is 0 Å². The predicted molar refractivity (Wildman–Crippen MR) is 87.8 cm³/mol. The van der Waals surface area contributed by atoms with Gasteiger partial charge in [0.1, 0.15) is 18.1 Å². The molecular weight excluding hydrogens is 312 g/mol. The Hall–Kier alpha value is -3.10. The zero-order valence-corrected chi connectivity index (χ0v) is 13.0. The zero-order chi connectivity index (χ0) is 16.9. The van der Waals surface area contributed by atoms with Crippen LogP contribution >= 0.6 is 0 Å². The summed E-state index contributed by atoms with van der Waals surface area (Å²) >= 11 is 0. The van der Waals surface area contributed by atoms with Crippen molar-refractivity contribution in [3.05, 3.63) is 52.3 Å². The van der Waals surface area contributed by atoms with Crippen LogP contribution in [0.15, 0.2) is 41.7 Å². The van der Waals surface area contributed by atoms with Gasteiger partial charge in [-0.25, -0.2) is 0 Å². The zero-order valence-electron chi connectivity index (χ0n) is 13.0. The molecule has 24 heavy (non-hydrogen) atoms. The Kier molecular flexibility index (Phi) is 4.59. The molecule has 1 aromatic carbocycles. The fourth-order valence-corrected chi connectivity index (χ4v) is 2.56. The summed E-state index contributed by atoms with van der Waals surface area (Å²) in [5.74, 6) is 1.19. The molecule has 9 heteroatoms. The lowest BCUT2D eigenvalue weighted by molar-refractivity contribution is -0.385. The van der Waals surface area contributed by atoms with Gasteiger partial charge in [-0.2, -0.15) is 5.10 Å². The molecule has 1 atom stereocenters. The summed E-state index contributed by atoms with van der Waals surface area (Å²) in [6.07, 6.45) is 3.39. The molecule has 1 unspecified atom stereocenters. The Balaban J connectivity index is 1.56. The summed E-state index contributed by atoms with van der Waals surface area (Å²) < 4.78 is 7.08. The number of fused-ring (bicyclic) bond motifs is 1. The first-order chi connectivity index (χ1) is 11.6. The smallest absolute Gasteiger partial charge is 0.306 e. The number of para-hydroxylation sites is 1. The summed E-state index contributed by atoms with van der Waals surface area (Å²) in [6.45, 7) is 1.42. The van der Waals surface area contributed by atoms with E-state index >= 15 is 0 Å². The van der Waals surface area contributed by atoms with E-state index in [1.807, 2.05) is 24.3 Å². The summed E-state index contributed by atoms with van der Waals surface area (Å²) in [5.41, 5.74) is 6.96. The number of hydrogen-bond acceptors (Lipinski definition) is 5. The fourth-order valence-electron chi connectivity index (χ4n) is 2.56. The molecule has 3 rings (SSSR count). The molecule has 2 heterocycles. The second-order valence-electron chi connectivity index (χ2n) is 5.36. The highest BCUT2D eigenvalue weighted by molar-refractivity contribution is 5.78. The Morgan fingerprint density at radius 1 is 1.54 bits per heavy atom. The fraction of sp³-hybridized carbons (Fsp3) is 0.333. The molecule has 0 fully saturated rings. The molecule has 0 aliphatic carbocycles. The molecule has 9 nitrogen and oxygen atoms in total. The number of nitrogens with zero attached hydrogens (tertiary/aromatic N) is 4. The summed E-state index contributed by atoms with van der Waals surface area (Å²) in [4.78, 5) is 14.4. The molecule has 1 aliphatic heterocycles. The SMILES string of the molecule is NC(=NCCn1cc([N+](=O)[O-])cn1)NC1CCOc2ccccc21. The van der Waals surface area contributed by atoms with Gasteiger partial charge in [0.2, 0.25) is 0 Å². The number of guanidine groups is 1. The summed E-state index contributed by atoms with van der Waals surface area (Å²) in [5, 5.41) is 17.7. The minimum Gasteiger partial charge on any atom is -0.493 e. The molecule has 0 saturated carbocycles. The van der Waals surface area contributed by atoms with Gasteiger partial charge in [-0.05, 0) is 6.07 Å². The Labute approximate surface area is 138 Å². The lowest BCUT2D eigenvalue weighted by Gasteiger charge is -2.26. The van der Waals surface area contributed by atoms with Crippen LogP contribution in [0.2, 0.25) is 0 Å². The van der Waals surface area contributed by atoms with E-state index in [0.717, 1.165) is 17.7 Å². The molecule has 2 aromatic rings. The second-order valence-corrected chi connectivity index (χ2v) is 5.36. The van der Waals surface area contributed by atoms with Gasteiger partial charge in [-0.15, -0.1) is 0 Å². The van der Waals surface area contributed by atoms with Crippen molar-refractivity contribution in [1.82, 2.24) is 15.1 Å². The van der Waals surface area contributed by atoms with E-state index in [1.165, 1.54) is 17.1 Å². The van der Waals surface area contributed by atoms with E-state index < -0.39 is 4.92 Å². The quantitative estimate of drug-likeness (QED) is 0.368. The van der Waals surface area contributed by atoms with Crippen LogP contribution in [0.1, 0.15) is 18.0 Å². The van der Waals surface area contributed by atoms with Crippen LogP contribution in [0, 0.1) is 10.1 Å². The van der Waals surface area contributed by atoms with Gasteiger partial charge in [-0.1, -0.05) is 18.2 Å². The largest absolute Gasteiger partial charge is 0.493 e. The van der Waals surface area contributed by atoms with Crippen LogP contribution in [0.3, 0.4) is 0 Å². The number of hydrogen-bond donors (Lipinski definition) is 2. The Bertz CT molecular complexity index is 757. The van der Waals surface area contributed by atoms with Crippen molar-refractivity contribution in [2.24, 2.45) is 10.7 Å². The molecule has 0 bridgehead atoms.